The van der Waals surface area contributed by atoms with Crippen LogP contribution in [0.25, 0.3) is 0 Å². The third-order valence-corrected chi connectivity index (χ3v) is 2.05. The van der Waals surface area contributed by atoms with Gasteiger partial charge >= 0.3 is 0 Å². The van der Waals surface area contributed by atoms with Crippen LogP contribution in [-0.4, -0.2) is 6.54 Å². The van der Waals surface area contributed by atoms with E-state index < -0.39 is 0 Å². The van der Waals surface area contributed by atoms with Gasteiger partial charge in [-0.1, -0.05) is 29.3 Å². The predicted molar refractivity (Wildman–Crippen MR) is 46.7 cm³/mol. The Balaban J connectivity index is 2.39. The average Bonchev–Trinajstić information content (AvgIpc) is 2.64. The topological polar surface area (TPSA) is 21.9 Å². The summed E-state index contributed by atoms with van der Waals surface area (Å²) in [5.41, 5.74) is 4.19. The fourth-order valence-electron chi connectivity index (χ4n) is 1.51. The van der Waals surface area contributed by atoms with E-state index in [1.54, 1.807) is 0 Å². The van der Waals surface area contributed by atoms with E-state index in [9.17, 15) is 0 Å². The lowest BCUT2D eigenvalue weighted by atomic mass is 10.1. The summed E-state index contributed by atoms with van der Waals surface area (Å²) >= 11 is 0. The molecule has 0 aliphatic carbocycles. The predicted octanol–water partition coefficient (Wildman–Crippen LogP) is 1.95. The molecule has 0 amide bonds. The Morgan fingerprint density at radius 3 is 2.18 bits per heavy atom. The van der Waals surface area contributed by atoms with Gasteiger partial charge in [0.25, 0.3) is 0 Å². The minimum absolute atomic E-state index is 0.647. The van der Waals surface area contributed by atoms with Crippen LogP contribution in [0.5, 0.6) is 0 Å². The fourth-order valence-corrected chi connectivity index (χ4v) is 1.51. The monoisotopic (exact) mass is 147 g/mol. The molecule has 58 valence electrons. The molecule has 0 spiro atoms. The molecule has 1 heteroatoms. The minimum Gasteiger partial charge on any atom is -0.307 e. The van der Waals surface area contributed by atoms with Crippen molar-refractivity contribution in [2.45, 2.75) is 19.9 Å². The van der Waals surface area contributed by atoms with Crippen LogP contribution in [0.15, 0.2) is 18.2 Å². The second-order valence-corrected chi connectivity index (χ2v) is 3.38. The van der Waals surface area contributed by atoms with Gasteiger partial charge in [0.15, 0.2) is 0 Å². The zero-order valence-corrected chi connectivity index (χ0v) is 7.02. The molecule has 1 aromatic carbocycles. The molecular weight excluding hydrogens is 134 g/mol. The molecule has 2 rings (SSSR count). The van der Waals surface area contributed by atoms with Crippen LogP contribution in [0.3, 0.4) is 0 Å². The zero-order chi connectivity index (χ0) is 7.84. The molecular formula is C10H13N. The van der Waals surface area contributed by atoms with Crippen LogP contribution in [0.2, 0.25) is 0 Å². The highest BCUT2D eigenvalue weighted by atomic mass is 15.1. The SMILES string of the molecule is Cc1cc(C)cc([C@H]2CN2)c1. The first-order chi connectivity index (χ1) is 5.25. The number of hydrogen-bond acceptors (Lipinski definition) is 1. The van der Waals surface area contributed by atoms with Crippen molar-refractivity contribution in [1.82, 2.24) is 5.32 Å². The van der Waals surface area contributed by atoms with E-state index >= 15 is 0 Å². The highest BCUT2D eigenvalue weighted by Gasteiger charge is 2.21. The van der Waals surface area contributed by atoms with Crippen LogP contribution >= 0.6 is 0 Å². The lowest BCUT2D eigenvalue weighted by Crippen LogP contribution is -1.86. The quantitative estimate of drug-likeness (QED) is 0.602. The normalized spacial score (nSPS) is 21.8. The van der Waals surface area contributed by atoms with E-state index in [4.69, 9.17) is 0 Å². The van der Waals surface area contributed by atoms with Gasteiger partial charge in [-0.2, -0.15) is 0 Å². The number of nitrogens with one attached hydrogen (secondary N) is 1. The van der Waals surface area contributed by atoms with Crippen LogP contribution in [0, 0.1) is 13.8 Å². The largest absolute Gasteiger partial charge is 0.307 e. The summed E-state index contributed by atoms with van der Waals surface area (Å²) in [5, 5.41) is 3.31. The lowest BCUT2D eigenvalue weighted by molar-refractivity contribution is 1.07. The number of benzene rings is 1. The van der Waals surface area contributed by atoms with Crippen LogP contribution < -0.4 is 5.32 Å². The van der Waals surface area contributed by atoms with Gasteiger partial charge in [-0.25, -0.2) is 0 Å². The number of aryl methyl sites for hydroxylation is 2. The first-order valence-electron chi connectivity index (χ1n) is 4.07. The molecule has 1 fully saturated rings. The van der Waals surface area contributed by atoms with Crippen molar-refractivity contribution in [2.75, 3.05) is 6.54 Å². The summed E-state index contributed by atoms with van der Waals surface area (Å²) in [6.45, 7) is 5.46. The Labute approximate surface area is 67.4 Å². The Morgan fingerprint density at radius 2 is 1.73 bits per heavy atom. The maximum Gasteiger partial charge on any atom is 0.0447 e. The highest BCUT2D eigenvalue weighted by Crippen LogP contribution is 2.23. The molecule has 1 aromatic rings. The molecule has 0 unspecified atom stereocenters. The number of hydrogen-bond donors (Lipinski definition) is 1. The molecule has 1 aliphatic heterocycles. The average molecular weight is 147 g/mol. The molecule has 0 bridgehead atoms. The smallest absolute Gasteiger partial charge is 0.0447 e. The van der Waals surface area contributed by atoms with Crippen molar-refractivity contribution in [1.29, 1.82) is 0 Å². The maximum atomic E-state index is 3.31. The van der Waals surface area contributed by atoms with E-state index in [0.717, 1.165) is 6.54 Å². The second-order valence-electron chi connectivity index (χ2n) is 3.38. The molecule has 0 saturated carbocycles. The van der Waals surface area contributed by atoms with Gasteiger partial charge in [-0.3, -0.25) is 0 Å². The van der Waals surface area contributed by atoms with E-state index in [2.05, 4.69) is 37.4 Å². The Kier molecular flexibility index (Phi) is 1.46. The van der Waals surface area contributed by atoms with Gasteiger partial charge in [-0.05, 0) is 19.4 Å². The second kappa shape index (κ2) is 2.35. The highest BCUT2D eigenvalue weighted by molar-refractivity contribution is 5.32. The van der Waals surface area contributed by atoms with E-state index in [1.165, 1.54) is 16.7 Å². The third-order valence-electron chi connectivity index (χ3n) is 2.05. The van der Waals surface area contributed by atoms with Crippen LogP contribution in [-0.2, 0) is 0 Å². The standard InChI is InChI=1S/C10H13N/c1-7-3-8(2)5-9(4-7)10-6-11-10/h3-5,10-11H,6H2,1-2H3/t10-/m1/s1. The summed E-state index contributed by atoms with van der Waals surface area (Å²) in [5.74, 6) is 0. The summed E-state index contributed by atoms with van der Waals surface area (Å²) in [6.07, 6.45) is 0. The van der Waals surface area contributed by atoms with Gasteiger partial charge in [0, 0.05) is 12.6 Å². The summed E-state index contributed by atoms with van der Waals surface area (Å²) < 4.78 is 0. The van der Waals surface area contributed by atoms with Gasteiger partial charge in [0.1, 0.15) is 0 Å². The van der Waals surface area contributed by atoms with Crippen molar-refractivity contribution >= 4 is 0 Å². The molecule has 1 nitrogen and oxygen atoms in total. The van der Waals surface area contributed by atoms with Crippen molar-refractivity contribution in [3.05, 3.63) is 34.9 Å². The molecule has 1 heterocycles. The van der Waals surface area contributed by atoms with Crippen molar-refractivity contribution < 1.29 is 0 Å². The third kappa shape index (κ3) is 1.43. The Bertz CT molecular complexity index is 254. The summed E-state index contributed by atoms with van der Waals surface area (Å²) in [4.78, 5) is 0. The summed E-state index contributed by atoms with van der Waals surface area (Å²) in [6, 6.07) is 7.38. The van der Waals surface area contributed by atoms with Gasteiger partial charge in [0.05, 0.1) is 0 Å². The molecule has 1 N–H and O–H groups in total. The van der Waals surface area contributed by atoms with Crippen LogP contribution in [0.1, 0.15) is 22.7 Å². The van der Waals surface area contributed by atoms with Crippen molar-refractivity contribution in [3.8, 4) is 0 Å². The van der Waals surface area contributed by atoms with Crippen LogP contribution in [0.4, 0.5) is 0 Å². The molecule has 1 atom stereocenters. The van der Waals surface area contributed by atoms with Gasteiger partial charge in [-0.15, -0.1) is 0 Å². The molecule has 0 aromatic heterocycles. The first kappa shape index (κ1) is 6.86. The zero-order valence-electron chi connectivity index (χ0n) is 7.02. The van der Waals surface area contributed by atoms with Crippen molar-refractivity contribution in [2.24, 2.45) is 0 Å². The number of rotatable bonds is 1. The molecule has 11 heavy (non-hydrogen) atoms. The van der Waals surface area contributed by atoms with Gasteiger partial charge in [0.2, 0.25) is 0 Å². The Morgan fingerprint density at radius 1 is 1.18 bits per heavy atom. The van der Waals surface area contributed by atoms with Gasteiger partial charge < -0.3 is 5.32 Å². The molecule has 1 saturated heterocycles. The molecule has 0 radical (unpaired) electrons. The maximum absolute atomic E-state index is 3.31. The first-order valence-corrected chi connectivity index (χ1v) is 4.07. The Hall–Kier alpha value is -0.820. The summed E-state index contributed by atoms with van der Waals surface area (Å²) in [7, 11) is 0. The van der Waals surface area contributed by atoms with E-state index in [0.29, 0.717) is 6.04 Å². The fraction of sp³-hybridized carbons (Fsp3) is 0.400. The lowest BCUT2D eigenvalue weighted by Gasteiger charge is -2.01. The van der Waals surface area contributed by atoms with E-state index in [-0.39, 0.29) is 0 Å². The van der Waals surface area contributed by atoms with E-state index in [1.807, 2.05) is 0 Å². The minimum atomic E-state index is 0.647. The van der Waals surface area contributed by atoms with Crippen molar-refractivity contribution in [3.63, 3.8) is 0 Å². The molecule has 1 aliphatic rings.